The van der Waals surface area contributed by atoms with Crippen LogP contribution >= 0.6 is 11.6 Å². The number of hydrogen-bond acceptors (Lipinski definition) is 4. The molecule has 0 aliphatic heterocycles. The van der Waals surface area contributed by atoms with Gasteiger partial charge in [-0.05, 0) is 6.92 Å². The Hall–Kier alpha value is -0.620. The Morgan fingerprint density at radius 1 is 1.56 bits per heavy atom. The molecule has 0 bridgehead atoms. The first kappa shape index (κ1) is 13.4. The maximum atomic E-state index is 6.02. The Morgan fingerprint density at radius 3 is 2.94 bits per heavy atom. The van der Waals surface area contributed by atoms with E-state index >= 15 is 0 Å². The summed E-state index contributed by atoms with van der Waals surface area (Å²) in [4.78, 5) is 0. The molecule has 92 valence electrons. The van der Waals surface area contributed by atoms with E-state index in [0.29, 0.717) is 24.8 Å². The first-order valence-corrected chi connectivity index (χ1v) is 5.62. The standard InChI is InChI=1S/C10H18ClN3O2/c1-3-14-10(8(11)6-13-14)9(12)7-16-5-4-15-2/h6,9H,3-5,7,12H2,1-2H3. The van der Waals surface area contributed by atoms with Crippen molar-refractivity contribution in [1.82, 2.24) is 9.78 Å². The highest BCUT2D eigenvalue weighted by molar-refractivity contribution is 6.31. The summed E-state index contributed by atoms with van der Waals surface area (Å²) in [5.74, 6) is 0. The Balaban J connectivity index is 2.51. The molecule has 0 saturated carbocycles. The predicted octanol–water partition coefficient (Wildman–Crippen LogP) is 1.22. The number of nitrogens with two attached hydrogens (primary N) is 1. The van der Waals surface area contributed by atoms with E-state index in [2.05, 4.69) is 5.10 Å². The van der Waals surface area contributed by atoms with Gasteiger partial charge in [-0.3, -0.25) is 4.68 Å². The van der Waals surface area contributed by atoms with E-state index in [9.17, 15) is 0 Å². The lowest BCUT2D eigenvalue weighted by Gasteiger charge is -2.14. The van der Waals surface area contributed by atoms with E-state index in [1.807, 2.05) is 6.92 Å². The summed E-state index contributed by atoms with van der Waals surface area (Å²) in [5, 5.41) is 4.71. The maximum Gasteiger partial charge on any atom is 0.0834 e. The van der Waals surface area contributed by atoms with Crippen LogP contribution < -0.4 is 5.73 Å². The van der Waals surface area contributed by atoms with E-state index < -0.39 is 0 Å². The zero-order valence-electron chi connectivity index (χ0n) is 9.65. The highest BCUT2D eigenvalue weighted by atomic mass is 35.5. The molecule has 1 aromatic rings. The molecule has 0 radical (unpaired) electrons. The van der Waals surface area contributed by atoms with Gasteiger partial charge in [0.1, 0.15) is 0 Å². The average molecular weight is 248 g/mol. The minimum Gasteiger partial charge on any atom is -0.382 e. The first-order valence-electron chi connectivity index (χ1n) is 5.24. The highest BCUT2D eigenvalue weighted by Gasteiger charge is 2.16. The summed E-state index contributed by atoms with van der Waals surface area (Å²) in [6.07, 6.45) is 1.61. The quantitative estimate of drug-likeness (QED) is 0.736. The molecule has 16 heavy (non-hydrogen) atoms. The number of halogens is 1. The molecule has 0 amide bonds. The fourth-order valence-electron chi connectivity index (χ4n) is 1.42. The van der Waals surface area contributed by atoms with Crippen molar-refractivity contribution in [2.45, 2.75) is 19.5 Å². The Kier molecular flexibility index (Phi) is 5.76. The van der Waals surface area contributed by atoms with Gasteiger partial charge in [-0.1, -0.05) is 11.6 Å². The molecule has 0 fully saturated rings. The fraction of sp³-hybridized carbons (Fsp3) is 0.700. The number of aryl methyl sites for hydroxylation is 1. The number of aromatic nitrogens is 2. The molecular weight excluding hydrogens is 230 g/mol. The maximum absolute atomic E-state index is 6.02. The molecule has 1 rings (SSSR count). The monoisotopic (exact) mass is 247 g/mol. The molecular formula is C10H18ClN3O2. The third kappa shape index (κ3) is 3.45. The second kappa shape index (κ2) is 6.85. The Labute approximate surface area is 100 Å². The van der Waals surface area contributed by atoms with Crippen molar-refractivity contribution < 1.29 is 9.47 Å². The molecule has 6 heteroatoms. The smallest absolute Gasteiger partial charge is 0.0834 e. The first-order chi connectivity index (χ1) is 7.70. The van der Waals surface area contributed by atoms with Gasteiger partial charge < -0.3 is 15.2 Å². The number of methoxy groups -OCH3 is 1. The van der Waals surface area contributed by atoms with Crippen molar-refractivity contribution in [3.05, 3.63) is 16.9 Å². The van der Waals surface area contributed by atoms with E-state index in [1.165, 1.54) is 0 Å². The lowest BCUT2D eigenvalue weighted by molar-refractivity contribution is 0.0626. The van der Waals surface area contributed by atoms with Gasteiger partial charge in [0.25, 0.3) is 0 Å². The SMILES string of the molecule is CCn1ncc(Cl)c1C(N)COCCOC. The van der Waals surface area contributed by atoms with Crippen LogP contribution in [0.5, 0.6) is 0 Å². The third-order valence-electron chi connectivity index (χ3n) is 2.21. The third-order valence-corrected chi connectivity index (χ3v) is 2.50. The zero-order chi connectivity index (χ0) is 12.0. The molecule has 1 aromatic heterocycles. The molecule has 1 unspecified atom stereocenters. The van der Waals surface area contributed by atoms with Gasteiger partial charge >= 0.3 is 0 Å². The van der Waals surface area contributed by atoms with Crippen molar-refractivity contribution in [2.75, 3.05) is 26.9 Å². The molecule has 0 aromatic carbocycles. The zero-order valence-corrected chi connectivity index (χ0v) is 10.4. The van der Waals surface area contributed by atoms with Crippen LogP contribution in [0, 0.1) is 0 Å². The summed E-state index contributed by atoms with van der Waals surface area (Å²) >= 11 is 6.02. The van der Waals surface area contributed by atoms with Gasteiger partial charge in [0, 0.05) is 13.7 Å². The summed E-state index contributed by atoms with van der Waals surface area (Å²) in [5.41, 5.74) is 6.81. The van der Waals surface area contributed by atoms with Crippen molar-refractivity contribution in [1.29, 1.82) is 0 Å². The molecule has 0 aliphatic rings. The largest absolute Gasteiger partial charge is 0.382 e. The summed E-state index contributed by atoms with van der Waals surface area (Å²) in [6.45, 7) is 4.24. The molecule has 1 heterocycles. The minimum absolute atomic E-state index is 0.258. The lowest BCUT2D eigenvalue weighted by atomic mass is 10.2. The van der Waals surface area contributed by atoms with Crippen LogP contribution in [-0.4, -0.2) is 36.7 Å². The molecule has 0 spiro atoms. The molecule has 0 saturated heterocycles. The molecule has 5 nitrogen and oxygen atoms in total. The minimum atomic E-state index is -0.258. The van der Waals surface area contributed by atoms with Crippen molar-refractivity contribution >= 4 is 11.6 Å². The van der Waals surface area contributed by atoms with Gasteiger partial charge in [-0.2, -0.15) is 5.10 Å². The number of ether oxygens (including phenoxy) is 2. The Bertz CT molecular complexity index is 317. The van der Waals surface area contributed by atoms with E-state index in [0.717, 1.165) is 12.2 Å². The van der Waals surface area contributed by atoms with Gasteiger partial charge in [-0.25, -0.2) is 0 Å². The number of hydrogen-bond donors (Lipinski definition) is 1. The van der Waals surface area contributed by atoms with Crippen LogP contribution in [0.1, 0.15) is 18.7 Å². The fourth-order valence-corrected chi connectivity index (χ4v) is 1.71. The number of rotatable bonds is 7. The van der Waals surface area contributed by atoms with E-state index in [4.69, 9.17) is 26.8 Å². The van der Waals surface area contributed by atoms with Gasteiger partial charge in [0.2, 0.25) is 0 Å². The highest BCUT2D eigenvalue weighted by Crippen LogP contribution is 2.21. The van der Waals surface area contributed by atoms with Crippen molar-refractivity contribution in [3.63, 3.8) is 0 Å². The van der Waals surface area contributed by atoms with Crippen molar-refractivity contribution in [3.8, 4) is 0 Å². The summed E-state index contributed by atoms with van der Waals surface area (Å²) < 4.78 is 12.0. The van der Waals surface area contributed by atoms with Crippen LogP contribution in [0.2, 0.25) is 5.02 Å². The summed E-state index contributed by atoms with van der Waals surface area (Å²) in [7, 11) is 1.63. The van der Waals surface area contributed by atoms with Crippen molar-refractivity contribution in [2.24, 2.45) is 5.73 Å². The normalized spacial score (nSPS) is 13.0. The van der Waals surface area contributed by atoms with Gasteiger partial charge in [-0.15, -0.1) is 0 Å². The summed E-state index contributed by atoms with van der Waals surface area (Å²) in [6, 6.07) is -0.258. The van der Waals surface area contributed by atoms with Crippen LogP contribution in [0.25, 0.3) is 0 Å². The molecule has 1 atom stereocenters. The lowest BCUT2D eigenvalue weighted by Crippen LogP contribution is -2.22. The Morgan fingerprint density at radius 2 is 2.31 bits per heavy atom. The second-order valence-electron chi connectivity index (χ2n) is 3.37. The van der Waals surface area contributed by atoms with Crippen LogP contribution in [0.4, 0.5) is 0 Å². The second-order valence-corrected chi connectivity index (χ2v) is 3.77. The topological polar surface area (TPSA) is 62.3 Å². The van der Waals surface area contributed by atoms with Crippen LogP contribution in [-0.2, 0) is 16.0 Å². The predicted molar refractivity (Wildman–Crippen MR) is 62.5 cm³/mol. The molecule has 0 aliphatic carbocycles. The van der Waals surface area contributed by atoms with E-state index in [1.54, 1.807) is 18.0 Å². The van der Waals surface area contributed by atoms with Crippen LogP contribution in [0.3, 0.4) is 0 Å². The van der Waals surface area contributed by atoms with E-state index in [-0.39, 0.29) is 6.04 Å². The van der Waals surface area contributed by atoms with Gasteiger partial charge in [0.05, 0.1) is 42.8 Å². The average Bonchev–Trinajstić information content (AvgIpc) is 2.65. The number of nitrogens with zero attached hydrogens (tertiary/aromatic N) is 2. The molecule has 2 N–H and O–H groups in total. The van der Waals surface area contributed by atoms with Crippen LogP contribution in [0.15, 0.2) is 6.20 Å². The van der Waals surface area contributed by atoms with Gasteiger partial charge in [0.15, 0.2) is 0 Å².